The van der Waals surface area contributed by atoms with Gasteiger partial charge in [0.15, 0.2) is 23.1 Å². The lowest BCUT2D eigenvalue weighted by Gasteiger charge is -2.22. The number of primary amides is 1. The normalized spacial score (nSPS) is 14.9. The van der Waals surface area contributed by atoms with Gasteiger partial charge in [0.25, 0.3) is 0 Å². The van der Waals surface area contributed by atoms with Crippen molar-refractivity contribution in [2.45, 2.75) is 108 Å². The molecule has 0 aromatic heterocycles. The molecule has 19 heteroatoms. The van der Waals surface area contributed by atoms with Crippen LogP contribution in [0.3, 0.4) is 0 Å². The van der Waals surface area contributed by atoms with Crippen LogP contribution in [-0.2, 0) is 33.6 Å². The van der Waals surface area contributed by atoms with E-state index in [-0.39, 0.29) is 50.0 Å². The minimum absolute atomic E-state index is 0.0874. The molecule has 0 rings (SSSR count). The molecule has 0 aromatic carbocycles. The fraction of sp³-hybridized carbons (Fsp3) is 0.719. The molecule has 0 saturated carbocycles. The largest absolute Gasteiger partial charge is 0.481 e. The fourth-order valence-electron chi connectivity index (χ4n) is 4.53. The first-order chi connectivity index (χ1) is 23.9. The van der Waals surface area contributed by atoms with E-state index in [4.69, 9.17) is 33.8 Å². The quantitative estimate of drug-likeness (QED) is 0.0139. The van der Waals surface area contributed by atoms with Gasteiger partial charge < -0.3 is 55.0 Å². The average molecular weight is 745 g/mol. The van der Waals surface area contributed by atoms with E-state index in [2.05, 4.69) is 33.2 Å². The summed E-state index contributed by atoms with van der Waals surface area (Å²) >= 11 is 1.69. The third kappa shape index (κ3) is 22.4. The predicted octanol–water partition coefficient (Wildman–Crippen LogP) is -3.28. The SMILES string of the molecule is C=C(CN[C@@H](C)C(=O)CN[C@@H](CCCNC(N)N)C(=O)CN[C@@H](C)C(=O)CC(=O)[C@H](CCC(=O)O)NC(=O)[C@@H](N)CCC(N)=O)[C@@H](N)CCSC. The number of aliphatic carboxylic acids is 1. The molecule has 51 heavy (non-hydrogen) atoms. The number of hydrogen-bond donors (Lipinski definition) is 11. The van der Waals surface area contributed by atoms with Crippen molar-refractivity contribution in [1.29, 1.82) is 0 Å². The number of nitrogens with one attached hydrogen (secondary N) is 5. The Morgan fingerprint density at radius 3 is 1.90 bits per heavy atom. The van der Waals surface area contributed by atoms with Gasteiger partial charge in [-0.1, -0.05) is 6.58 Å². The number of carboxylic acid groups (broad SMARTS) is 1. The van der Waals surface area contributed by atoms with E-state index in [0.29, 0.717) is 25.9 Å². The summed E-state index contributed by atoms with van der Waals surface area (Å²) in [7, 11) is 0. The molecule has 6 atom stereocenters. The Kier molecular flexibility index (Phi) is 25.0. The maximum Gasteiger partial charge on any atom is 0.303 e. The molecular formula is C32H60N10O8S. The number of thioether (sulfide) groups is 1. The molecule has 16 N–H and O–H groups in total. The Hall–Kier alpha value is -3.14. The second-order valence-electron chi connectivity index (χ2n) is 12.5. The van der Waals surface area contributed by atoms with Crippen molar-refractivity contribution in [2.24, 2.45) is 28.7 Å². The lowest BCUT2D eigenvalue weighted by atomic mass is 9.98. The first-order valence-electron chi connectivity index (χ1n) is 16.9. The van der Waals surface area contributed by atoms with Crippen LogP contribution >= 0.6 is 11.8 Å². The molecule has 0 aliphatic carbocycles. The number of carbonyl (C=O) groups excluding carboxylic acids is 6. The zero-order valence-electron chi connectivity index (χ0n) is 30.0. The van der Waals surface area contributed by atoms with E-state index in [0.717, 1.165) is 17.7 Å². The zero-order chi connectivity index (χ0) is 39.1. The highest BCUT2D eigenvalue weighted by molar-refractivity contribution is 7.98. The molecule has 0 aromatic rings. The Labute approximate surface area is 304 Å². The van der Waals surface area contributed by atoms with Gasteiger partial charge in [-0.05, 0) is 70.1 Å². The molecule has 0 fully saturated rings. The van der Waals surface area contributed by atoms with Gasteiger partial charge in [-0.15, -0.1) is 0 Å². The van der Waals surface area contributed by atoms with Crippen LogP contribution in [0.25, 0.3) is 0 Å². The molecule has 0 aliphatic rings. The van der Waals surface area contributed by atoms with Crippen LogP contribution in [0.5, 0.6) is 0 Å². The molecule has 0 aliphatic heterocycles. The van der Waals surface area contributed by atoms with Crippen LogP contribution < -0.4 is 55.3 Å². The molecule has 18 nitrogen and oxygen atoms in total. The Morgan fingerprint density at radius 2 is 1.31 bits per heavy atom. The highest BCUT2D eigenvalue weighted by atomic mass is 32.2. The summed E-state index contributed by atoms with van der Waals surface area (Å²) in [5.74, 6) is -3.66. The van der Waals surface area contributed by atoms with Gasteiger partial charge in [0, 0.05) is 25.4 Å². The van der Waals surface area contributed by atoms with Gasteiger partial charge in [-0.2, -0.15) is 11.8 Å². The number of hydrogen-bond acceptors (Lipinski definition) is 16. The molecular weight excluding hydrogens is 684 g/mol. The topological polar surface area (TPSA) is 330 Å². The van der Waals surface area contributed by atoms with Gasteiger partial charge >= 0.3 is 5.97 Å². The number of carbonyl (C=O) groups is 7. The summed E-state index contributed by atoms with van der Waals surface area (Å²) in [4.78, 5) is 86.7. The highest BCUT2D eigenvalue weighted by Crippen LogP contribution is 2.08. The monoisotopic (exact) mass is 744 g/mol. The number of carboxylic acids is 1. The second kappa shape index (κ2) is 26.6. The van der Waals surface area contributed by atoms with E-state index < -0.39 is 78.7 Å². The molecule has 0 radical (unpaired) electrons. The number of nitrogens with two attached hydrogens (primary N) is 5. The van der Waals surface area contributed by atoms with Crippen molar-refractivity contribution < 1.29 is 38.7 Å². The van der Waals surface area contributed by atoms with Gasteiger partial charge in [0.2, 0.25) is 11.8 Å². The third-order valence-electron chi connectivity index (χ3n) is 8.04. The fourth-order valence-corrected chi connectivity index (χ4v) is 5.02. The van der Waals surface area contributed by atoms with Crippen LogP contribution in [0.15, 0.2) is 12.2 Å². The van der Waals surface area contributed by atoms with Gasteiger partial charge in [-0.25, -0.2) is 0 Å². The predicted molar refractivity (Wildman–Crippen MR) is 196 cm³/mol. The maximum absolute atomic E-state index is 13.2. The maximum atomic E-state index is 13.2. The van der Waals surface area contributed by atoms with E-state index in [1.165, 1.54) is 6.92 Å². The Bertz CT molecular complexity index is 1170. The molecule has 292 valence electrons. The van der Waals surface area contributed by atoms with Crippen LogP contribution in [0.2, 0.25) is 0 Å². The number of rotatable bonds is 32. The minimum atomic E-state index is -1.32. The van der Waals surface area contributed by atoms with Gasteiger partial charge in [0.1, 0.15) is 6.29 Å². The van der Waals surface area contributed by atoms with Crippen molar-refractivity contribution in [3.63, 3.8) is 0 Å². The van der Waals surface area contributed by atoms with Gasteiger partial charge in [-0.3, -0.25) is 38.9 Å². The lowest BCUT2D eigenvalue weighted by molar-refractivity contribution is -0.138. The Morgan fingerprint density at radius 1 is 0.706 bits per heavy atom. The van der Waals surface area contributed by atoms with Crippen LogP contribution in [0, 0.1) is 0 Å². The highest BCUT2D eigenvalue weighted by Gasteiger charge is 2.28. The second-order valence-corrected chi connectivity index (χ2v) is 13.4. The van der Waals surface area contributed by atoms with Crippen LogP contribution in [0.1, 0.15) is 65.2 Å². The average Bonchev–Trinajstić information content (AvgIpc) is 3.07. The third-order valence-corrected chi connectivity index (χ3v) is 8.68. The number of ketones is 4. The summed E-state index contributed by atoms with van der Waals surface area (Å²) in [5, 5.41) is 23.2. The van der Waals surface area contributed by atoms with E-state index in [9.17, 15) is 33.6 Å². The van der Waals surface area contributed by atoms with Crippen molar-refractivity contribution >= 4 is 52.7 Å². The smallest absolute Gasteiger partial charge is 0.303 e. The molecule has 0 bridgehead atoms. The summed E-state index contributed by atoms with van der Waals surface area (Å²) in [6.07, 6.45) is 1.16. The molecule has 0 saturated heterocycles. The van der Waals surface area contributed by atoms with Crippen molar-refractivity contribution in [3.05, 3.63) is 12.2 Å². The molecule has 0 spiro atoms. The number of Topliss-reactive ketones (excluding diaryl/α,β-unsaturated/α-hetero) is 4. The van der Waals surface area contributed by atoms with E-state index >= 15 is 0 Å². The number of amides is 2. The van der Waals surface area contributed by atoms with E-state index in [1.54, 1.807) is 18.7 Å². The molecule has 0 unspecified atom stereocenters. The standard InChI is InChI=1S/C32H60N10O8S/c1-18(21(33)11-13-51-4)15-39-20(3)27(45)16-41-23(6-5-12-38-32(36)37)28(46)17-40-19(2)25(43)14-26(44)24(8-10-30(48)49)42-31(50)22(34)7-9-29(35)47/h19-24,32,38-41H,1,5-17,33-34,36-37H2,2-4H3,(H2,35,47)(H,42,50)(H,48,49)/t19-,20-,21-,22-,23-,24-/m0/s1. The first kappa shape index (κ1) is 47.9. The van der Waals surface area contributed by atoms with Gasteiger partial charge in [0.05, 0.1) is 49.7 Å². The Balaban J connectivity index is 5.29. The minimum Gasteiger partial charge on any atom is -0.481 e. The summed E-state index contributed by atoms with van der Waals surface area (Å²) in [6.45, 7) is 7.57. The van der Waals surface area contributed by atoms with Crippen molar-refractivity contribution in [2.75, 3.05) is 38.2 Å². The van der Waals surface area contributed by atoms with Crippen molar-refractivity contribution in [1.82, 2.24) is 26.6 Å². The summed E-state index contributed by atoms with van der Waals surface area (Å²) in [6, 6.07) is -4.97. The summed E-state index contributed by atoms with van der Waals surface area (Å²) in [5.41, 5.74) is 28.8. The summed E-state index contributed by atoms with van der Waals surface area (Å²) < 4.78 is 0. The first-order valence-corrected chi connectivity index (χ1v) is 18.3. The van der Waals surface area contributed by atoms with Crippen LogP contribution in [0.4, 0.5) is 0 Å². The molecule has 2 amide bonds. The van der Waals surface area contributed by atoms with Crippen molar-refractivity contribution in [3.8, 4) is 0 Å². The van der Waals surface area contributed by atoms with E-state index in [1.807, 2.05) is 6.26 Å². The lowest BCUT2D eigenvalue weighted by Crippen LogP contribution is -2.50. The molecule has 0 heterocycles. The van der Waals surface area contributed by atoms with Crippen LogP contribution in [-0.4, -0.2) is 127 Å². The zero-order valence-corrected chi connectivity index (χ0v) is 30.9.